The molecule has 0 bridgehead atoms. The fourth-order valence-corrected chi connectivity index (χ4v) is 1.99. The Morgan fingerprint density at radius 3 is 1.25 bits per heavy atom. The first-order chi connectivity index (χ1) is 9.92. The van der Waals surface area contributed by atoms with Gasteiger partial charge in [0.15, 0.2) is 0 Å². The van der Waals surface area contributed by atoms with E-state index in [9.17, 15) is 0 Å². The molecule has 2 aromatic rings. The van der Waals surface area contributed by atoms with E-state index in [-0.39, 0.29) is 0 Å². The molecule has 0 N–H and O–H groups in total. The summed E-state index contributed by atoms with van der Waals surface area (Å²) in [6, 6.07) is 20.2. The maximum Gasteiger partial charge on any atom is 0.0248 e. The molecule has 0 aliphatic heterocycles. The molecule has 0 heterocycles. The van der Waals surface area contributed by atoms with Crippen LogP contribution in [0.15, 0.2) is 71.8 Å². The highest BCUT2D eigenvalue weighted by atomic mass is 14.1. The SMILES string of the molecule is C(#Cc1ccccc1)C1=C(C#Cc2ccccc2)CC1. The van der Waals surface area contributed by atoms with Crippen LogP contribution in [-0.2, 0) is 0 Å². The predicted molar refractivity (Wildman–Crippen MR) is 82.9 cm³/mol. The topological polar surface area (TPSA) is 0 Å². The summed E-state index contributed by atoms with van der Waals surface area (Å²) in [5, 5.41) is 0. The Bertz CT molecular complexity index is 674. The van der Waals surface area contributed by atoms with Gasteiger partial charge in [0.2, 0.25) is 0 Å². The van der Waals surface area contributed by atoms with Crippen LogP contribution >= 0.6 is 0 Å². The fourth-order valence-electron chi connectivity index (χ4n) is 1.99. The molecule has 0 radical (unpaired) electrons. The van der Waals surface area contributed by atoms with Gasteiger partial charge in [-0.1, -0.05) is 60.1 Å². The van der Waals surface area contributed by atoms with Gasteiger partial charge >= 0.3 is 0 Å². The van der Waals surface area contributed by atoms with Gasteiger partial charge < -0.3 is 0 Å². The standard InChI is InChI=1S/C20H14/c1-3-7-17(8-4-1)11-13-19-15-16-20(19)14-12-18-9-5-2-6-10-18/h1-10H,15-16H2. The third-order valence-electron chi connectivity index (χ3n) is 3.25. The second-order valence-electron chi connectivity index (χ2n) is 4.69. The third kappa shape index (κ3) is 3.00. The van der Waals surface area contributed by atoms with Crippen LogP contribution in [0.2, 0.25) is 0 Å². The molecule has 3 rings (SSSR count). The zero-order chi connectivity index (χ0) is 13.6. The predicted octanol–water partition coefficient (Wildman–Crippen LogP) is 4.18. The fraction of sp³-hybridized carbons (Fsp3) is 0.100. The summed E-state index contributed by atoms with van der Waals surface area (Å²) in [6.45, 7) is 0. The van der Waals surface area contributed by atoms with Crippen molar-refractivity contribution in [2.24, 2.45) is 0 Å². The molecule has 20 heavy (non-hydrogen) atoms. The van der Waals surface area contributed by atoms with Crippen molar-refractivity contribution in [1.82, 2.24) is 0 Å². The van der Waals surface area contributed by atoms with Crippen molar-refractivity contribution in [2.45, 2.75) is 12.8 Å². The van der Waals surface area contributed by atoms with Crippen molar-refractivity contribution >= 4 is 0 Å². The molecule has 94 valence electrons. The van der Waals surface area contributed by atoms with E-state index >= 15 is 0 Å². The maximum absolute atomic E-state index is 3.25. The molecule has 0 aromatic heterocycles. The van der Waals surface area contributed by atoms with E-state index in [0.29, 0.717) is 0 Å². The molecule has 1 aliphatic rings. The van der Waals surface area contributed by atoms with Gasteiger partial charge in [0.05, 0.1) is 0 Å². The second-order valence-corrected chi connectivity index (χ2v) is 4.69. The molecule has 0 fully saturated rings. The van der Waals surface area contributed by atoms with Crippen LogP contribution in [-0.4, -0.2) is 0 Å². The van der Waals surface area contributed by atoms with E-state index in [2.05, 4.69) is 23.7 Å². The van der Waals surface area contributed by atoms with Gasteiger partial charge in [0.25, 0.3) is 0 Å². The van der Waals surface area contributed by atoms with Crippen LogP contribution in [0.4, 0.5) is 0 Å². The quantitative estimate of drug-likeness (QED) is 0.619. The summed E-state index contributed by atoms with van der Waals surface area (Å²) in [7, 11) is 0. The molecule has 1 aliphatic carbocycles. The molecule has 0 atom stereocenters. The average molecular weight is 254 g/mol. The van der Waals surface area contributed by atoms with Gasteiger partial charge in [-0.15, -0.1) is 0 Å². The molecule has 0 amide bonds. The molecule has 0 spiro atoms. The summed E-state index contributed by atoms with van der Waals surface area (Å²) >= 11 is 0. The first-order valence-electron chi connectivity index (χ1n) is 6.78. The highest BCUT2D eigenvalue weighted by Gasteiger charge is 2.12. The lowest BCUT2D eigenvalue weighted by Crippen LogP contribution is -2.00. The van der Waals surface area contributed by atoms with Crippen molar-refractivity contribution in [3.63, 3.8) is 0 Å². The number of rotatable bonds is 0. The molecule has 0 heteroatoms. The Morgan fingerprint density at radius 1 is 0.500 bits per heavy atom. The van der Waals surface area contributed by atoms with Crippen LogP contribution in [0.1, 0.15) is 24.0 Å². The molecule has 0 unspecified atom stereocenters. The number of benzene rings is 2. The summed E-state index contributed by atoms with van der Waals surface area (Å²) in [5.74, 6) is 12.9. The van der Waals surface area contributed by atoms with Crippen LogP contribution in [0.25, 0.3) is 0 Å². The van der Waals surface area contributed by atoms with Crippen molar-refractivity contribution in [3.8, 4) is 23.7 Å². The van der Waals surface area contributed by atoms with Crippen molar-refractivity contribution in [3.05, 3.63) is 82.9 Å². The first-order valence-corrected chi connectivity index (χ1v) is 6.78. The lowest BCUT2D eigenvalue weighted by molar-refractivity contribution is 0.874. The normalized spacial score (nSPS) is 12.6. The first kappa shape index (κ1) is 12.3. The van der Waals surface area contributed by atoms with Crippen molar-refractivity contribution in [2.75, 3.05) is 0 Å². The highest BCUT2D eigenvalue weighted by molar-refractivity contribution is 5.53. The summed E-state index contributed by atoms with van der Waals surface area (Å²) in [6.07, 6.45) is 2.11. The Labute approximate surface area is 120 Å². The minimum absolute atomic E-state index is 1.05. The van der Waals surface area contributed by atoms with Gasteiger partial charge in [0.1, 0.15) is 0 Å². The van der Waals surface area contributed by atoms with Crippen LogP contribution < -0.4 is 0 Å². The molecule has 0 saturated carbocycles. The molecule has 2 aromatic carbocycles. The Balaban J connectivity index is 1.79. The van der Waals surface area contributed by atoms with E-state index in [4.69, 9.17) is 0 Å². The second kappa shape index (κ2) is 5.96. The number of hydrogen-bond acceptors (Lipinski definition) is 0. The minimum Gasteiger partial charge on any atom is -0.0651 e. The van der Waals surface area contributed by atoms with Gasteiger partial charge in [-0.3, -0.25) is 0 Å². The molecule has 0 nitrogen and oxygen atoms in total. The number of allylic oxidation sites excluding steroid dienone is 2. The maximum atomic E-state index is 3.25. The van der Waals surface area contributed by atoms with Crippen LogP contribution in [0, 0.1) is 23.7 Å². The van der Waals surface area contributed by atoms with Gasteiger partial charge in [-0.2, -0.15) is 0 Å². The van der Waals surface area contributed by atoms with E-state index in [1.54, 1.807) is 0 Å². The lowest BCUT2D eigenvalue weighted by atomic mass is 9.89. The van der Waals surface area contributed by atoms with Gasteiger partial charge in [-0.05, 0) is 37.1 Å². The van der Waals surface area contributed by atoms with Crippen LogP contribution in [0.3, 0.4) is 0 Å². The van der Waals surface area contributed by atoms with Crippen molar-refractivity contribution in [1.29, 1.82) is 0 Å². The highest BCUT2D eigenvalue weighted by Crippen LogP contribution is 2.26. The molecule has 0 saturated heterocycles. The third-order valence-corrected chi connectivity index (χ3v) is 3.25. The van der Waals surface area contributed by atoms with Crippen LogP contribution in [0.5, 0.6) is 0 Å². The Kier molecular flexibility index (Phi) is 3.68. The van der Waals surface area contributed by atoms with Gasteiger partial charge in [-0.25, -0.2) is 0 Å². The summed E-state index contributed by atoms with van der Waals surface area (Å²) in [5.41, 5.74) is 4.50. The van der Waals surface area contributed by atoms with E-state index < -0.39 is 0 Å². The minimum atomic E-state index is 1.05. The van der Waals surface area contributed by atoms with E-state index in [0.717, 1.165) is 24.0 Å². The Morgan fingerprint density at radius 2 is 0.900 bits per heavy atom. The van der Waals surface area contributed by atoms with Crippen molar-refractivity contribution < 1.29 is 0 Å². The monoisotopic (exact) mass is 254 g/mol. The zero-order valence-corrected chi connectivity index (χ0v) is 11.2. The summed E-state index contributed by atoms with van der Waals surface area (Å²) in [4.78, 5) is 0. The van der Waals surface area contributed by atoms with Gasteiger partial charge in [0, 0.05) is 22.3 Å². The largest absolute Gasteiger partial charge is 0.0651 e. The lowest BCUT2D eigenvalue weighted by Gasteiger charge is -2.13. The molecular weight excluding hydrogens is 240 g/mol. The summed E-state index contributed by atoms with van der Waals surface area (Å²) < 4.78 is 0. The van der Waals surface area contributed by atoms with E-state index in [1.165, 1.54) is 11.1 Å². The Hall–Kier alpha value is -2.70. The molecular formula is C20H14. The zero-order valence-electron chi connectivity index (χ0n) is 11.2. The van der Waals surface area contributed by atoms with E-state index in [1.807, 2.05) is 60.7 Å². The smallest absolute Gasteiger partial charge is 0.0248 e. The number of hydrogen-bond donors (Lipinski definition) is 0. The average Bonchev–Trinajstić information content (AvgIpc) is 2.49.